The summed E-state index contributed by atoms with van der Waals surface area (Å²) in [5.41, 5.74) is 6.60. The van der Waals surface area contributed by atoms with Gasteiger partial charge in [-0.25, -0.2) is 4.98 Å². The number of amides is 1. The molecule has 0 saturated carbocycles. The van der Waals surface area contributed by atoms with Crippen LogP contribution < -0.4 is 11.3 Å². The summed E-state index contributed by atoms with van der Waals surface area (Å²) in [6.07, 6.45) is 3.70. The maximum absolute atomic E-state index is 12.3. The van der Waals surface area contributed by atoms with Crippen LogP contribution in [0.15, 0.2) is 22.4 Å². The number of hydrogen-bond acceptors (Lipinski definition) is 6. The lowest BCUT2D eigenvalue weighted by molar-refractivity contribution is -0.129. The molecule has 138 valence electrons. The van der Waals surface area contributed by atoms with Gasteiger partial charge in [-0.2, -0.15) is 0 Å². The Bertz CT molecular complexity index is 769. The van der Waals surface area contributed by atoms with Crippen LogP contribution in [0, 0.1) is 5.92 Å². The molecule has 0 aliphatic carbocycles. The maximum Gasteiger partial charge on any atom is 0.258 e. The molecule has 1 aliphatic rings. The summed E-state index contributed by atoms with van der Waals surface area (Å²) in [7, 11) is 0. The number of nitrogens with zero attached hydrogens (tertiary/aromatic N) is 3. The molecule has 9 heteroatoms. The topological polar surface area (TPSA) is 80.7 Å². The third kappa shape index (κ3) is 4.97. The lowest BCUT2D eigenvalue weighted by Crippen LogP contribution is -2.43. The molecule has 1 fully saturated rings. The monoisotopic (exact) mass is 402 g/mol. The van der Waals surface area contributed by atoms with E-state index in [2.05, 4.69) is 4.98 Å². The van der Waals surface area contributed by atoms with Gasteiger partial charge in [-0.05, 0) is 25.7 Å². The number of likely N-dealkylation sites (tertiary alicyclic amines) is 1. The second-order valence-electron chi connectivity index (χ2n) is 6.21. The van der Waals surface area contributed by atoms with Gasteiger partial charge in [0.05, 0.1) is 11.4 Å². The van der Waals surface area contributed by atoms with Crippen LogP contribution in [0.3, 0.4) is 0 Å². The number of carbonyl (C=O) groups is 1. The molecule has 0 bridgehead atoms. The summed E-state index contributed by atoms with van der Waals surface area (Å²) in [4.78, 5) is 31.3. The fraction of sp³-hybridized carbons (Fsp3) is 0.562. The molecule has 2 aromatic rings. The average Bonchev–Trinajstić information content (AvgIpc) is 3.04. The molecule has 1 amide bonds. The van der Waals surface area contributed by atoms with Crippen molar-refractivity contribution in [3.63, 3.8) is 0 Å². The smallest absolute Gasteiger partial charge is 0.258 e. The van der Waals surface area contributed by atoms with E-state index in [0.717, 1.165) is 31.6 Å². The molecule has 6 nitrogen and oxygen atoms in total. The van der Waals surface area contributed by atoms with Gasteiger partial charge in [-0.15, -0.1) is 35.5 Å². The van der Waals surface area contributed by atoms with Gasteiger partial charge >= 0.3 is 0 Å². The van der Waals surface area contributed by atoms with Crippen LogP contribution in [0.2, 0.25) is 0 Å². The summed E-state index contributed by atoms with van der Waals surface area (Å²) in [5, 5.41) is 1.84. The largest absolute Gasteiger partial charge is 0.342 e. The van der Waals surface area contributed by atoms with Crippen LogP contribution in [0.5, 0.6) is 0 Å². The van der Waals surface area contributed by atoms with Gasteiger partial charge in [0.25, 0.3) is 5.56 Å². The van der Waals surface area contributed by atoms with Crippen molar-refractivity contribution in [3.05, 3.63) is 33.7 Å². The predicted octanol–water partition coefficient (Wildman–Crippen LogP) is 2.00. The standard InChI is InChI=1S/C16H22N4O2S2.ClH/c1-11(17)12-2-4-19(5-3-12)15(22)10-23-9-13-8-14(21)20-6-7-24-16(20)18-13;/h6-8,11-12H,2-5,9-10,17H2,1H3;1H. The Hall–Kier alpha value is -1.09. The molecule has 1 atom stereocenters. The van der Waals surface area contributed by atoms with E-state index in [1.54, 1.807) is 12.3 Å². The Labute approximate surface area is 161 Å². The number of piperidine rings is 1. The van der Waals surface area contributed by atoms with Gasteiger partial charge in [-0.1, -0.05) is 0 Å². The molecule has 3 heterocycles. The Morgan fingerprint density at radius 2 is 2.20 bits per heavy atom. The SMILES string of the molecule is CC(N)C1CCN(C(=O)CSCc2cc(=O)n3ccsc3n2)CC1.Cl. The van der Waals surface area contributed by atoms with Crippen molar-refractivity contribution in [2.45, 2.75) is 31.6 Å². The molecule has 0 radical (unpaired) electrons. The van der Waals surface area contributed by atoms with Gasteiger partial charge in [0.1, 0.15) is 0 Å². The summed E-state index contributed by atoms with van der Waals surface area (Å²) in [6, 6.07) is 1.75. The molecule has 2 N–H and O–H groups in total. The minimum absolute atomic E-state index is 0. The highest BCUT2D eigenvalue weighted by atomic mass is 35.5. The first-order chi connectivity index (χ1) is 11.5. The second-order valence-corrected chi connectivity index (χ2v) is 8.07. The molecule has 0 aromatic carbocycles. The molecular weight excluding hydrogens is 380 g/mol. The fourth-order valence-corrected chi connectivity index (χ4v) is 4.53. The van der Waals surface area contributed by atoms with Gasteiger partial charge in [-0.3, -0.25) is 14.0 Å². The number of halogens is 1. The van der Waals surface area contributed by atoms with Crippen molar-refractivity contribution in [3.8, 4) is 0 Å². The van der Waals surface area contributed by atoms with Gasteiger partial charge in [0.2, 0.25) is 5.91 Å². The molecular formula is C16H23ClN4O2S2. The zero-order valence-corrected chi connectivity index (χ0v) is 16.5. The van der Waals surface area contributed by atoms with Crippen molar-refractivity contribution in [1.29, 1.82) is 0 Å². The van der Waals surface area contributed by atoms with Crippen LogP contribution in [0.1, 0.15) is 25.5 Å². The van der Waals surface area contributed by atoms with Gasteiger partial charge < -0.3 is 10.6 Å². The summed E-state index contributed by atoms with van der Waals surface area (Å²) >= 11 is 2.95. The third-order valence-corrected chi connectivity index (χ3v) is 6.18. The number of carbonyl (C=O) groups excluding carboxylic acids is 1. The van der Waals surface area contributed by atoms with Gasteiger partial charge in [0, 0.05) is 42.5 Å². The molecule has 2 aromatic heterocycles. The number of fused-ring (bicyclic) bond motifs is 1. The number of nitrogens with two attached hydrogens (primary N) is 1. The van der Waals surface area contributed by atoms with E-state index < -0.39 is 0 Å². The van der Waals surface area contributed by atoms with Crippen LogP contribution >= 0.6 is 35.5 Å². The molecule has 1 unspecified atom stereocenters. The van der Waals surface area contributed by atoms with Crippen LogP contribution in [0.4, 0.5) is 0 Å². The number of thiazole rings is 1. The van der Waals surface area contributed by atoms with Crippen LogP contribution in [0.25, 0.3) is 4.96 Å². The van der Waals surface area contributed by atoms with E-state index in [1.807, 2.05) is 17.2 Å². The molecule has 3 rings (SSSR count). The first kappa shape index (κ1) is 20.2. The molecule has 1 aliphatic heterocycles. The minimum Gasteiger partial charge on any atom is -0.342 e. The van der Waals surface area contributed by atoms with Crippen molar-refractivity contribution in [2.75, 3.05) is 18.8 Å². The second kappa shape index (κ2) is 9.02. The van der Waals surface area contributed by atoms with E-state index in [-0.39, 0.29) is 29.9 Å². The lowest BCUT2D eigenvalue weighted by Gasteiger charge is -2.33. The Morgan fingerprint density at radius 1 is 1.48 bits per heavy atom. The average molecular weight is 403 g/mol. The normalized spacial score (nSPS) is 16.6. The van der Waals surface area contributed by atoms with Crippen molar-refractivity contribution in [2.24, 2.45) is 11.7 Å². The van der Waals surface area contributed by atoms with E-state index in [9.17, 15) is 9.59 Å². The summed E-state index contributed by atoms with van der Waals surface area (Å²) in [6.45, 7) is 3.64. The van der Waals surface area contributed by atoms with Crippen LogP contribution in [-0.2, 0) is 10.5 Å². The highest BCUT2D eigenvalue weighted by molar-refractivity contribution is 7.99. The van der Waals surface area contributed by atoms with Crippen molar-refractivity contribution in [1.82, 2.24) is 14.3 Å². The zero-order valence-electron chi connectivity index (χ0n) is 14.1. The Morgan fingerprint density at radius 3 is 2.88 bits per heavy atom. The predicted molar refractivity (Wildman–Crippen MR) is 106 cm³/mol. The van der Waals surface area contributed by atoms with E-state index in [1.165, 1.54) is 27.5 Å². The van der Waals surface area contributed by atoms with Crippen LogP contribution in [-0.4, -0.2) is 45.1 Å². The van der Waals surface area contributed by atoms with E-state index >= 15 is 0 Å². The first-order valence-electron chi connectivity index (χ1n) is 8.11. The molecule has 1 saturated heterocycles. The number of thioether (sulfide) groups is 1. The van der Waals surface area contributed by atoms with Crippen molar-refractivity contribution >= 4 is 46.4 Å². The third-order valence-electron chi connectivity index (χ3n) is 4.47. The fourth-order valence-electron chi connectivity index (χ4n) is 2.97. The maximum atomic E-state index is 12.3. The molecule has 25 heavy (non-hydrogen) atoms. The highest BCUT2D eigenvalue weighted by Crippen LogP contribution is 2.20. The Balaban J connectivity index is 0.00000225. The number of rotatable bonds is 5. The summed E-state index contributed by atoms with van der Waals surface area (Å²) in [5.74, 6) is 1.69. The minimum atomic E-state index is -0.0684. The summed E-state index contributed by atoms with van der Waals surface area (Å²) < 4.78 is 1.53. The highest BCUT2D eigenvalue weighted by Gasteiger charge is 2.24. The molecule has 0 spiro atoms. The van der Waals surface area contributed by atoms with Crippen molar-refractivity contribution < 1.29 is 4.79 Å². The van der Waals surface area contributed by atoms with Gasteiger partial charge in [0.15, 0.2) is 4.96 Å². The lowest BCUT2D eigenvalue weighted by atomic mass is 9.91. The number of hydrogen-bond donors (Lipinski definition) is 1. The number of aromatic nitrogens is 2. The zero-order chi connectivity index (χ0) is 17.1. The first-order valence-corrected chi connectivity index (χ1v) is 10.1. The van der Waals surface area contributed by atoms with E-state index in [0.29, 0.717) is 22.4 Å². The Kier molecular flexibility index (Phi) is 7.30. The van der Waals surface area contributed by atoms with E-state index in [4.69, 9.17) is 5.73 Å². The quantitative estimate of drug-likeness (QED) is 0.827.